The SMILES string of the molecule is C=CCn1c(-c2ccccc2)c(NC(=O)CC)sc1=Nc1ccc(Br)cc1. The topological polar surface area (TPSA) is 46.4 Å². The Bertz CT molecular complexity index is 1000. The zero-order chi connectivity index (χ0) is 19.2. The van der Waals surface area contributed by atoms with Crippen LogP contribution in [-0.2, 0) is 11.3 Å². The molecule has 1 amide bonds. The van der Waals surface area contributed by atoms with Crippen LogP contribution in [0.4, 0.5) is 10.7 Å². The van der Waals surface area contributed by atoms with Crippen LogP contribution in [-0.4, -0.2) is 10.5 Å². The first-order valence-electron chi connectivity index (χ1n) is 8.62. The van der Waals surface area contributed by atoms with Crippen LogP contribution in [0.1, 0.15) is 13.3 Å². The Kier molecular flexibility index (Phi) is 6.42. The molecule has 0 aliphatic rings. The van der Waals surface area contributed by atoms with Gasteiger partial charge in [0.15, 0.2) is 4.80 Å². The molecule has 0 atom stereocenters. The molecular formula is C21H20BrN3OS. The Balaban J connectivity index is 2.22. The van der Waals surface area contributed by atoms with Gasteiger partial charge in [-0.3, -0.25) is 4.79 Å². The molecule has 1 N–H and O–H groups in total. The van der Waals surface area contributed by atoms with Crippen molar-refractivity contribution >= 4 is 43.9 Å². The van der Waals surface area contributed by atoms with Crippen molar-refractivity contribution in [1.82, 2.24) is 4.57 Å². The number of nitrogens with one attached hydrogen (secondary N) is 1. The molecule has 0 bridgehead atoms. The maximum Gasteiger partial charge on any atom is 0.224 e. The standard InChI is InChI=1S/C21H20BrN3OS/c1-3-14-25-19(15-8-6-5-7-9-15)20(24-18(26)4-2)27-21(25)23-17-12-10-16(22)11-13-17/h3,5-13H,1,4,14H2,2H3,(H,24,26). The van der Waals surface area contributed by atoms with Gasteiger partial charge in [-0.05, 0) is 24.3 Å². The van der Waals surface area contributed by atoms with E-state index >= 15 is 0 Å². The lowest BCUT2D eigenvalue weighted by Crippen LogP contribution is -2.15. The fraction of sp³-hybridized carbons (Fsp3) is 0.143. The van der Waals surface area contributed by atoms with Gasteiger partial charge in [0.2, 0.25) is 5.91 Å². The Morgan fingerprint density at radius 3 is 2.56 bits per heavy atom. The van der Waals surface area contributed by atoms with Gasteiger partial charge in [0, 0.05) is 23.0 Å². The highest BCUT2D eigenvalue weighted by molar-refractivity contribution is 9.10. The van der Waals surface area contributed by atoms with E-state index in [4.69, 9.17) is 4.99 Å². The maximum absolute atomic E-state index is 12.1. The van der Waals surface area contributed by atoms with Crippen molar-refractivity contribution < 1.29 is 4.79 Å². The number of aromatic nitrogens is 1. The lowest BCUT2D eigenvalue weighted by Gasteiger charge is -2.10. The summed E-state index contributed by atoms with van der Waals surface area (Å²) in [6.07, 6.45) is 2.26. The molecule has 27 heavy (non-hydrogen) atoms. The average Bonchev–Trinajstić information content (AvgIpc) is 3.01. The summed E-state index contributed by atoms with van der Waals surface area (Å²) in [7, 11) is 0. The second kappa shape index (κ2) is 8.97. The van der Waals surface area contributed by atoms with Crippen molar-refractivity contribution in [3.05, 3.63) is 76.5 Å². The highest BCUT2D eigenvalue weighted by atomic mass is 79.9. The van der Waals surface area contributed by atoms with Crippen molar-refractivity contribution in [2.45, 2.75) is 19.9 Å². The van der Waals surface area contributed by atoms with Crippen molar-refractivity contribution in [1.29, 1.82) is 0 Å². The van der Waals surface area contributed by atoms with Crippen molar-refractivity contribution in [2.24, 2.45) is 4.99 Å². The first-order chi connectivity index (χ1) is 13.1. The normalized spacial score (nSPS) is 11.4. The lowest BCUT2D eigenvalue weighted by molar-refractivity contribution is -0.115. The summed E-state index contributed by atoms with van der Waals surface area (Å²) in [5, 5.41) is 3.83. The van der Waals surface area contributed by atoms with E-state index in [-0.39, 0.29) is 5.91 Å². The van der Waals surface area contributed by atoms with Crippen LogP contribution in [0.5, 0.6) is 0 Å². The zero-order valence-corrected chi connectivity index (χ0v) is 17.4. The van der Waals surface area contributed by atoms with Gasteiger partial charge in [0.25, 0.3) is 0 Å². The van der Waals surface area contributed by atoms with Gasteiger partial charge in [0.05, 0.1) is 11.4 Å². The van der Waals surface area contributed by atoms with E-state index in [1.54, 1.807) is 0 Å². The predicted molar refractivity (Wildman–Crippen MR) is 116 cm³/mol. The monoisotopic (exact) mass is 441 g/mol. The van der Waals surface area contributed by atoms with E-state index in [0.29, 0.717) is 13.0 Å². The molecule has 3 rings (SSSR count). The Labute approximate surface area is 171 Å². The van der Waals surface area contributed by atoms with Crippen LogP contribution < -0.4 is 10.1 Å². The number of amides is 1. The summed E-state index contributed by atoms with van der Waals surface area (Å²) in [5.41, 5.74) is 2.82. The van der Waals surface area contributed by atoms with Gasteiger partial charge in [-0.1, -0.05) is 70.6 Å². The molecule has 0 aliphatic heterocycles. The Morgan fingerprint density at radius 1 is 1.22 bits per heavy atom. The van der Waals surface area contributed by atoms with Crippen molar-refractivity contribution in [3.63, 3.8) is 0 Å². The number of carbonyl (C=O) groups excluding carboxylic acids is 1. The summed E-state index contributed by atoms with van der Waals surface area (Å²) >= 11 is 4.92. The minimum Gasteiger partial charge on any atom is -0.316 e. The van der Waals surface area contributed by atoms with Gasteiger partial charge >= 0.3 is 0 Å². The number of hydrogen-bond donors (Lipinski definition) is 1. The molecule has 0 fully saturated rings. The number of anilines is 1. The predicted octanol–water partition coefficient (Wildman–Crippen LogP) is 5.75. The molecule has 0 unspecified atom stereocenters. The van der Waals surface area contributed by atoms with Crippen molar-refractivity contribution in [2.75, 3.05) is 5.32 Å². The summed E-state index contributed by atoms with van der Waals surface area (Å²) < 4.78 is 3.09. The molecule has 1 heterocycles. The van der Waals surface area contributed by atoms with Gasteiger partial charge in [-0.25, -0.2) is 4.99 Å². The first-order valence-corrected chi connectivity index (χ1v) is 10.2. The number of carbonyl (C=O) groups is 1. The van der Waals surface area contributed by atoms with Crippen LogP contribution in [0.2, 0.25) is 0 Å². The number of hydrogen-bond acceptors (Lipinski definition) is 3. The average molecular weight is 442 g/mol. The zero-order valence-electron chi connectivity index (χ0n) is 15.0. The summed E-state index contributed by atoms with van der Waals surface area (Å²) in [6, 6.07) is 17.8. The second-order valence-corrected chi connectivity index (χ2v) is 7.71. The summed E-state index contributed by atoms with van der Waals surface area (Å²) in [5.74, 6) is -0.0191. The Morgan fingerprint density at radius 2 is 1.93 bits per heavy atom. The van der Waals surface area contributed by atoms with E-state index in [2.05, 4.69) is 32.4 Å². The molecule has 3 aromatic rings. The van der Waals surface area contributed by atoms with E-state index in [1.165, 1.54) is 11.3 Å². The quantitative estimate of drug-likeness (QED) is 0.486. The molecule has 0 aliphatic carbocycles. The molecule has 1 aromatic heterocycles. The van der Waals surface area contributed by atoms with Gasteiger partial charge in [-0.15, -0.1) is 6.58 Å². The minimum absolute atomic E-state index is 0.0191. The highest BCUT2D eigenvalue weighted by Crippen LogP contribution is 2.31. The molecule has 0 spiro atoms. The molecule has 4 nitrogen and oxygen atoms in total. The largest absolute Gasteiger partial charge is 0.316 e. The number of thiazole rings is 1. The fourth-order valence-corrected chi connectivity index (χ4v) is 3.97. The fourth-order valence-electron chi connectivity index (χ4n) is 2.60. The molecule has 6 heteroatoms. The molecular weight excluding hydrogens is 422 g/mol. The molecule has 2 aromatic carbocycles. The number of allylic oxidation sites excluding steroid dienone is 1. The summed E-state index contributed by atoms with van der Waals surface area (Å²) in [6.45, 7) is 6.32. The van der Waals surface area contributed by atoms with Gasteiger partial charge < -0.3 is 9.88 Å². The van der Waals surface area contributed by atoms with Crippen LogP contribution in [0.25, 0.3) is 11.3 Å². The van der Waals surface area contributed by atoms with Gasteiger partial charge in [0.1, 0.15) is 5.00 Å². The lowest BCUT2D eigenvalue weighted by atomic mass is 10.1. The Hall–Kier alpha value is -2.44. The minimum atomic E-state index is -0.0191. The van der Waals surface area contributed by atoms with Crippen LogP contribution >= 0.6 is 27.3 Å². The maximum atomic E-state index is 12.1. The first kappa shape index (κ1) is 19.3. The molecule has 0 saturated carbocycles. The second-order valence-electron chi connectivity index (χ2n) is 5.82. The molecule has 138 valence electrons. The van der Waals surface area contributed by atoms with Gasteiger partial charge in [-0.2, -0.15) is 0 Å². The third kappa shape index (κ3) is 4.64. The number of halogens is 1. The third-order valence-corrected chi connectivity index (χ3v) is 5.42. The third-order valence-electron chi connectivity index (χ3n) is 3.89. The number of rotatable bonds is 6. The van der Waals surface area contributed by atoms with Crippen LogP contribution in [0.15, 0.2) is 76.7 Å². The van der Waals surface area contributed by atoms with E-state index in [1.807, 2.05) is 67.6 Å². The summed E-state index contributed by atoms with van der Waals surface area (Å²) in [4.78, 5) is 17.7. The number of benzene rings is 2. The molecule has 0 saturated heterocycles. The van der Waals surface area contributed by atoms with Crippen LogP contribution in [0.3, 0.4) is 0 Å². The van der Waals surface area contributed by atoms with Crippen LogP contribution in [0, 0.1) is 0 Å². The smallest absolute Gasteiger partial charge is 0.224 e. The van der Waals surface area contributed by atoms with E-state index < -0.39 is 0 Å². The number of nitrogens with zero attached hydrogens (tertiary/aromatic N) is 2. The van der Waals surface area contributed by atoms with Crippen molar-refractivity contribution in [3.8, 4) is 11.3 Å². The highest BCUT2D eigenvalue weighted by Gasteiger charge is 2.16. The van der Waals surface area contributed by atoms with E-state index in [0.717, 1.165) is 31.2 Å². The molecule has 0 radical (unpaired) electrons. The van der Waals surface area contributed by atoms with E-state index in [9.17, 15) is 4.79 Å².